The highest BCUT2D eigenvalue weighted by molar-refractivity contribution is 7.09. The van der Waals surface area contributed by atoms with Crippen LogP contribution in [-0.4, -0.2) is 35.9 Å². The number of likely N-dealkylation sites (N-methyl/N-ethyl adjacent to an activating group) is 1. The molecule has 0 fully saturated rings. The number of fused-ring (bicyclic) bond motifs is 1. The van der Waals surface area contributed by atoms with Gasteiger partial charge >= 0.3 is 0 Å². The van der Waals surface area contributed by atoms with E-state index >= 15 is 0 Å². The molecule has 0 bridgehead atoms. The number of anilines is 1. The Morgan fingerprint density at radius 1 is 1.14 bits per heavy atom. The zero-order valence-electron chi connectivity index (χ0n) is 16.1. The third-order valence-corrected chi connectivity index (χ3v) is 5.73. The Morgan fingerprint density at radius 2 is 1.93 bits per heavy atom. The van der Waals surface area contributed by atoms with Gasteiger partial charge < -0.3 is 14.5 Å². The second kappa shape index (κ2) is 8.02. The predicted octanol–water partition coefficient (Wildman–Crippen LogP) is 4.12. The molecule has 1 amide bonds. The zero-order chi connectivity index (χ0) is 19.5. The van der Waals surface area contributed by atoms with Crippen molar-refractivity contribution in [2.45, 2.75) is 20.1 Å². The maximum Gasteiger partial charge on any atom is 0.254 e. The second-order valence-corrected chi connectivity index (χ2v) is 8.01. The van der Waals surface area contributed by atoms with Gasteiger partial charge in [0.2, 0.25) is 0 Å². The molecular formula is C22H23N3O2S. The van der Waals surface area contributed by atoms with E-state index in [4.69, 9.17) is 4.74 Å². The first-order valence-corrected chi connectivity index (χ1v) is 10.2. The number of benzene rings is 2. The van der Waals surface area contributed by atoms with Gasteiger partial charge in [0, 0.05) is 43.3 Å². The zero-order valence-corrected chi connectivity index (χ0v) is 16.9. The van der Waals surface area contributed by atoms with Crippen molar-refractivity contribution in [3.63, 3.8) is 0 Å². The van der Waals surface area contributed by atoms with Crippen molar-refractivity contribution in [3.05, 3.63) is 75.7 Å². The molecule has 2 heterocycles. The molecule has 144 valence electrons. The van der Waals surface area contributed by atoms with E-state index in [-0.39, 0.29) is 5.91 Å². The molecule has 2 aromatic carbocycles. The van der Waals surface area contributed by atoms with Gasteiger partial charge in [0.15, 0.2) is 0 Å². The fourth-order valence-corrected chi connectivity index (χ4v) is 3.97. The van der Waals surface area contributed by atoms with E-state index < -0.39 is 0 Å². The topological polar surface area (TPSA) is 45.7 Å². The van der Waals surface area contributed by atoms with Gasteiger partial charge in [-0.05, 0) is 42.8 Å². The number of rotatable bonds is 4. The van der Waals surface area contributed by atoms with E-state index in [1.807, 2.05) is 53.6 Å². The maximum absolute atomic E-state index is 13.0. The molecule has 3 aromatic rings. The van der Waals surface area contributed by atoms with Gasteiger partial charge in [-0.2, -0.15) is 0 Å². The largest absolute Gasteiger partial charge is 0.487 e. The summed E-state index contributed by atoms with van der Waals surface area (Å²) in [6.07, 6.45) is 0. The summed E-state index contributed by atoms with van der Waals surface area (Å²) in [5, 5.41) is 3.03. The van der Waals surface area contributed by atoms with Crippen LogP contribution in [0.15, 0.2) is 53.9 Å². The summed E-state index contributed by atoms with van der Waals surface area (Å²) in [6.45, 7) is 4.56. The lowest BCUT2D eigenvalue weighted by Crippen LogP contribution is -2.34. The number of carbonyl (C=O) groups excluding carboxylic acids is 1. The van der Waals surface area contributed by atoms with Gasteiger partial charge in [0.05, 0.1) is 10.7 Å². The fourth-order valence-electron chi connectivity index (χ4n) is 3.37. The monoisotopic (exact) mass is 393 g/mol. The normalized spacial score (nSPS) is 13.8. The Bertz CT molecular complexity index is 968. The Labute approximate surface area is 169 Å². The number of aromatic nitrogens is 1. The highest BCUT2D eigenvalue weighted by Gasteiger charge is 2.22. The van der Waals surface area contributed by atoms with E-state index in [1.54, 1.807) is 11.3 Å². The summed E-state index contributed by atoms with van der Waals surface area (Å²) in [6, 6.07) is 15.6. The summed E-state index contributed by atoms with van der Waals surface area (Å²) in [4.78, 5) is 21.5. The van der Waals surface area contributed by atoms with Crippen LogP contribution in [0, 0.1) is 6.92 Å². The Morgan fingerprint density at radius 3 is 2.68 bits per heavy atom. The molecule has 1 aliphatic heterocycles. The molecule has 1 aromatic heterocycles. The molecule has 0 aliphatic carbocycles. The maximum atomic E-state index is 13.0. The smallest absolute Gasteiger partial charge is 0.254 e. The van der Waals surface area contributed by atoms with E-state index in [2.05, 4.69) is 29.1 Å². The minimum Gasteiger partial charge on any atom is -0.487 e. The average molecular weight is 394 g/mol. The number of carbonyl (C=O) groups is 1. The minimum absolute atomic E-state index is 0.0479. The van der Waals surface area contributed by atoms with Crippen LogP contribution in [0.3, 0.4) is 0 Å². The van der Waals surface area contributed by atoms with Crippen LogP contribution in [0.4, 0.5) is 5.69 Å². The van der Waals surface area contributed by atoms with Crippen molar-refractivity contribution < 1.29 is 9.53 Å². The number of thiazole rings is 1. The van der Waals surface area contributed by atoms with Gasteiger partial charge in [0.1, 0.15) is 12.4 Å². The van der Waals surface area contributed by atoms with Crippen LogP contribution < -0.4 is 9.64 Å². The first kappa shape index (κ1) is 18.5. The molecule has 0 unspecified atom stereocenters. The van der Waals surface area contributed by atoms with Gasteiger partial charge in [-0.15, -0.1) is 11.3 Å². The van der Waals surface area contributed by atoms with Crippen LogP contribution in [0.1, 0.15) is 26.6 Å². The third kappa shape index (κ3) is 4.02. The van der Waals surface area contributed by atoms with Gasteiger partial charge in [-0.3, -0.25) is 4.79 Å². The number of para-hydroxylation sites is 1. The molecule has 0 saturated carbocycles. The lowest BCUT2D eigenvalue weighted by molar-refractivity contribution is 0.0751. The first-order valence-electron chi connectivity index (χ1n) is 9.32. The summed E-state index contributed by atoms with van der Waals surface area (Å²) in [7, 11) is 2.07. The summed E-state index contributed by atoms with van der Waals surface area (Å²) >= 11 is 1.61. The third-order valence-electron chi connectivity index (χ3n) is 4.91. The van der Waals surface area contributed by atoms with Crippen molar-refractivity contribution in [2.24, 2.45) is 0 Å². The van der Waals surface area contributed by atoms with Crippen molar-refractivity contribution in [1.29, 1.82) is 0 Å². The number of hydrogen-bond donors (Lipinski definition) is 0. The summed E-state index contributed by atoms with van der Waals surface area (Å²) in [5.41, 5.74) is 3.97. The van der Waals surface area contributed by atoms with E-state index in [0.717, 1.165) is 23.0 Å². The fraction of sp³-hybridized carbons (Fsp3) is 0.273. The van der Waals surface area contributed by atoms with Crippen molar-refractivity contribution in [1.82, 2.24) is 9.88 Å². The highest BCUT2D eigenvalue weighted by atomic mass is 32.1. The van der Waals surface area contributed by atoms with Gasteiger partial charge in [-0.1, -0.05) is 18.2 Å². The summed E-state index contributed by atoms with van der Waals surface area (Å²) in [5.74, 6) is 0.787. The standard InChI is InChI=1S/C22H23N3O2S/c1-16-23-19(15-28-16)14-27-20-9-7-17(8-10-20)22(26)25-12-11-24(2)21-6-4-3-5-18(21)13-25/h3-10,15H,11-14H2,1-2H3. The van der Waals surface area contributed by atoms with Gasteiger partial charge in [0.25, 0.3) is 5.91 Å². The first-order chi connectivity index (χ1) is 13.6. The number of hydrogen-bond acceptors (Lipinski definition) is 5. The number of nitrogens with zero attached hydrogens (tertiary/aromatic N) is 3. The SMILES string of the molecule is Cc1nc(COc2ccc(C(=O)N3CCN(C)c4ccccc4C3)cc2)cs1. The van der Waals surface area contributed by atoms with Crippen LogP contribution in [0.2, 0.25) is 0 Å². The molecule has 28 heavy (non-hydrogen) atoms. The van der Waals surface area contributed by atoms with E-state index in [9.17, 15) is 4.79 Å². The van der Waals surface area contributed by atoms with Crippen molar-refractivity contribution in [2.75, 3.05) is 25.0 Å². The molecule has 6 heteroatoms. The minimum atomic E-state index is 0.0479. The van der Waals surface area contributed by atoms with Crippen LogP contribution >= 0.6 is 11.3 Å². The second-order valence-electron chi connectivity index (χ2n) is 6.95. The lowest BCUT2D eigenvalue weighted by Gasteiger charge is -2.21. The molecule has 0 saturated heterocycles. The van der Waals surface area contributed by atoms with E-state index in [1.165, 1.54) is 11.3 Å². The Kier molecular flexibility index (Phi) is 5.30. The molecule has 5 nitrogen and oxygen atoms in total. The van der Waals surface area contributed by atoms with Crippen molar-refractivity contribution in [3.8, 4) is 5.75 Å². The highest BCUT2D eigenvalue weighted by Crippen LogP contribution is 2.25. The molecule has 1 aliphatic rings. The molecule has 0 N–H and O–H groups in total. The molecule has 0 spiro atoms. The molecular weight excluding hydrogens is 370 g/mol. The van der Waals surface area contributed by atoms with Crippen LogP contribution in [0.25, 0.3) is 0 Å². The molecule has 0 atom stereocenters. The molecule has 4 rings (SSSR count). The molecule has 0 radical (unpaired) electrons. The van der Waals surface area contributed by atoms with Crippen LogP contribution in [0.5, 0.6) is 5.75 Å². The number of amides is 1. The quantitative estimate of drug-likeness (QED) is 0.669. The summed E-state index contributed by atoms with van der Waals surface area (Å²) < 4.78 is 5.78. The number of ether oxygens (including phenoxy) is 1. The van der Waals surface area contributed by atoms with Gasteiger partial charge in [-0.25, -0.2) is 4.98 Å². The predicted molar refractivity (Wildman–Crippen MR) is 112 cm³/mol. The van der Waals surface area contributed by atoms with Crippen LogP contribution in [-0.2, 0) is 13.2 Å². The lowest BCUT2D eigenvalue weighted by atomic mass is 10.1. The number of aryl methyl sites for hydroxylation is 1. The van der Waals surface area contributed by atoms with E-state index in [0.29, 0.717) is 25.3 Å². The Balaban J connectivity index is 1.43. The average Bonchev–Trinajstić information content (AvgIpc) is 3.06. The van der Waals surface area contributed by atoms with Crippen molar-refractivity contribution >= 4 is 22.9 Å². The Hall–Kier alpha value is -2.86.